The molecule has 0 unspecified atom stereocenters. The molecule has 6 heteroatoms. The number of aromatic hydroxyl groups is 2. The Labute approximate surface area is 125 Å². The number of phenolic OH excluding ortho intramolecular Hbond substituents is 1. The number of hydrogen-bond acceptors (Lipinski definition) is 5. The Morgan fingerprint density at radius 3 is 2.00 bits per heavy atom. The number of hydrogen-bond donors (Lipinski definition) is 5. The van der Waals surface area contributed by atoms with Crippen molar-refractivity contribution in [2.24, 2.45) is 0 Å². The van der Waals surface area contributed by atoms with Crippen LogP contribution in [0.1, 0.15) is 33.3 Å². The number of phenols is 2. The lowest BCUT2D eigenvalue weighted by molar-refractivity contribution is -0.0438. The first kappa shape index (κ1) is 15.6. The van der Waals surface area contributed by atoms with Crippen LogP contribution in [0.4, 0.5) is 0 Å². The molecule has 0 atom stereocenters. The Kier molecular flexibility index (Phi) is 4.45. The summed E-state index contributed by atoms with van der Waals surface area (Å²) in [7, 11) is 0. The van der Waals surface area contributed by atoms with Gasteiger partial charge in [0.1, 0.15) is 17.1 Å². The third kappa shape index (κ3) is 3.43. The minimum Gasteiger partial charge on any atom is -0.507 e. The molecule has 0 aliphatic rings. The van der Waals surface area contributed by atoms with Crippen molar-refractivity contribution < 1.29 is 30.3 Å². The highest BCUT2D eigenvalue weighted by atomic mass is 16.5. The van der Waals surface area contributed by atoms with Crippen molar-refractivity contribution in [1.29, 1.82) is 0 Å². The summed E-state index contributed by atoms with van der Waals surface area (Å²) in [6.07, 6.45) is 1.43. The Morgan fingerprint density at radius 2 is 1.45 bits per heavy atom. The van der Waals surface area contributed by atoms with Crippen LogP contribution in [-0.4, -0.2) is 31.5 Å². The van der Waals surface area contributed by atoms with Gasteiger partial charge in [0.15, 0.2) is 6.29 Å². The largest absolute Gasteiger partial charge is 0.507 e. The third-order valence-electron chi connectivity index (χ3n) is 3.05. The molecule has 6 nitrogen and oxygen atoms in total. The van der Waals surface area contributed by atoms with E-state index in [2.05, 4.69) is 0 Å². The Bertz CT molecular complexity index is 733. The van der Waals surface area contributed by atoms with Crippen LogP contribution in [0.15, 0.2) is 36.4 Å². The first-order valence-corrected chi connectivity index (χ1v) is 6.32. The van der Waals surface area contributed by atoms with Crippen LogP contribution in [0.3, 0.4) is 0 Å². The van der Waals surface area contributed by atoms with Crippen LogP contribution < -0.4 is 0 Å². The second-order valence-electron chi connectivity index (χ2n) is 4.61. The van der Waals surface area contributed by atoms with E-state index in [-0.39, 0.29) is 22.6 Å². The molecule has 0 saturated heterocycles. The van der Waals surface area contributed by atoms with Crippen molar-refractivity contribution in [1.82, 2.24) is 0 Å². The van der Waals surface area contributed by atoms with Crippen molar-refractivity contribution in [3.8, 4) is 11.5 Å². The standard InChI is InChI=1S/C16H14O6/c17-13-5-3-9(7-11(13)15(19)20)1-2-10-4-6-14(18)12(8-10)16(21)22/h1-8,15,17-20H,(H,21,22). The molecule has 0 radical (unpaired) electrons. The molecule has 5 N–H and O–H groups in total. The molecule has 0 saturated carbocycles. The maximum absolute atomic E-state index is 10.9. The normalized spacial score (nSPS) is 11.2. The van der Waals surface area contributed by atoms with Crippen LogP contribution in [0, 0.1) is 0 Å². The van der Waals surface area contributed by atoms with Gasteiger partial charge in [0.2, 0.25) is 0 Å². The minimum absolute atomic E-state index is 0.0286. The van der Waals surface area contributed by atoms with Gasteiger partial charge in [0.25, 0.3) is 0 Å². The third-order valence-corrected chi connectivity index (χ3v) is 3.05. The summed E-state index contributed by atoms with van der Waals surface area (Å²) in [4.78, 5) is 10.9. The van der Waals surface area contributed by atoms with Crippen LogP contribution in [0.25, 0.3) is 12.2 Å². The maximum Gasteiger partial charge on any atom is 0.339 e. The van der Waals surface area contributed by atoms with E-state index in [0.29, 0.717) is 11.1 Å². The van der Waals surface area contributed by atoms with Gasteiger partial charge in [-0.25, -0.2) is 4.79 Å². The molecule has 0 fully saturated rings. The zero-order chi connectivity index (χ0) is 16.3. The highest BCUT2D eigenvalue weighted by molar-refractivity contribution is 5.91. The fourth-order valence-corrected chi connectivity index (χ4v) is 1.90. The maximum atomic E-state index is 10.9. The molecule has 0 bridgehead atoms. The van der Waals surface area contributed by atoms with E-state index in [0.717, 1.165) is 0 Å². The summed E-state index contributed by atoms with van der Waals surface area (Å²) < 4.78 is 0. The van der Waals surface area contributed by atoms with Crippen molar-refractivity contribution in [3.05, 3.63) is 58.7 Å². The summed E-state index contributed by atoms with van der Waals surface area (Å²) in [5, 5.41) is 46.1. The molecular formula is C16H14O6. The molecule has 0 aliphatic heterocycles. The summed E-state index contributed by atoms with van der Waals surface area (Å²) in [6.45, 7) is 0. The number of aliphatic hydroxyl groups excluding tert-OH is 1. The van der Waals surface area contributed by atoms with Gasteiger partial charge < -0.3 is 25.5 Å². The van der Waals surface area contributed by atoms with E-state index in [1.54, 1.807) is 24.3 Å². The van der Waals surface area contributed by atoms with Crippen molar-refractivity contribution >= 4 is 18.1 Å². The Hall–Kier alpha value is -2.83. The molecule has 0 aromatic heterocycles. The molecule has 2 aromatic carbocycles. The molecule has 0 amide bonds. The number of rotatable bonds is 4. The highest BCUT2D eigenvalue weighted by Crippen LogP contribution is 2.25. The van der Waals surface area contributed by atoms with Gasteiger partial charge in [-0.3, -0.25) is 0 Å². The van der Waals surface area contributed by atoms with Gasteiger partial charge in [0, 0.05) is 5.56 Å². The summed E-state index contributed by atoms with van der Waals surface area (Å²) in [6, 6.07) is 8.43. The van der Waals surface area contributed by atoms with Gasteiger partial charge in [-0.1, -0.05) is 24.3 Å². The Morgan fingerprint density at radius 1 is 0.909 bits per heavy atom. The number of aliphatic hydroxyl groups is 2. The smallest absolute Gasteiger partial charge is 0.339 e. The fraction of sp³-hybridized carbons (Fsp3) is 0.0625. The van der Waals surface area contributed by atoms with Crippen LogP contribution in [-0.2, 0) is 0 Å². The zero-order valence-corrected chi connectivity index (χ0v) is 11.3. The zero-order valence-electron chi connectivity index (χ0n) is 11.3. The van der Waals surface area contributed by atoms with Gasteiger partial charge in [-0.2, -0.15) is 0 Å². The second-order valence-corrected chi connectivity index (χ2v) is 4.61. The highest BCUT2D eigenvalue weighted by Gasteiger charge is 2.10. The fourth-order valence-electron chi connectivity index (χ4n) is 1.90. The summed E-state index contributed by atoms with van der Waals surface area (Å²) >= 11 is 0. The van der Waals surface area contributed by atoms with E-state index in [1.807, 2.05) is 0 Å². The molecule has 0 heterocycles. The van der Waals surface area contributed by atoms with E-state index in [4.69, 9.17) is 15.3 Å². The molecule has 0 spiro atoms. The van der Waals surface area contributed by atoms with E-state index >= 15 is 0 Å². The first-order chi connectivity index (χ1) is 10.4. The lowest BCUT2D eigenvalue weighted by Crippen LogP contribution is -1.97. The number of aromatic carboxylic acids is 1. The van der Waals surface area contributed by atoms with Crippen molar-refractivity contribution in [2.75, 3.05) is 0 Å². The van der Waals surface area contributed by atoms with Gasteiger partial charge in [-0.15, -0.1) is 0 Å². The molecule has 2 aromatic rings. The first-order valence-electron chi connectivity index (χ1n) is 6.32. The molecule has 114 valence electrons. The lowest BCUT2D eigenvalue weighted by atomic mass is 10.1. The van der Waals surface area contributed by atoms with Crippen molar-refractivity contribution in [3.63, 3.8) is 0 Å². The number of carboxylic acid groups (broad SMARTS) is 1. The van der Waals surface area contributed by atoms with E-state index in [1.165, 1.54) is 24.3 Å². The van der Waals surface area contributed by atoms with Crippen LogP contribution in [0.2, 0.25) is 0 Å². The lowest BCUT2D eigenvalue weighted by Gasteiger charge is -2.07. The quantitative estimate of drug-likeness (QED) is 0.435. The molecule has 2 rings (SSSR count). The average molecular weight is 302 g/mol. The molecular weight excluding hydrogens is 288 g/mol. The monoisotopic (exact) mass is 302 g/mol. The van der Waals surface area contributed by atoms with Gasteiger partial charge >= 0.3 is 5.97 Å². The van der Waals surface area contributed by atoms with Crippen LogP contribution in [0.5, 0.6) is 11.5 Å². The molecule has 0 aliphatic carbocycles. The SMILES string of the molecule is O=C(O)c1cc(C=Cc2ccc(O)c(C(O)O)c2)ccc1O. The number of carbonyl (C=O) groups is 1. The Balaban J connectivity index is 2.31. The topological polar surface area (TPSA) is 118 Å². The summed E-state index contributed by atoms with van der Waals surface area (Å²) in [5.41, 5.74) is 0.902. The number of benzene rings is 2. The van der Waals surface area contributed by atoms with Gasteiger partial charge in [-0.05, 0) is 35.4 Å². The number of carboxylic acids is 1. The van der Waals surface area contributed by atoms with Gasteiger partial charge in [0.05, 0.1) is 0 Å². The van der Waals surface area contributed by atoms with Crippen LogP contribution >= 0.6 is 0 Å². The van der Waals surface area contributed by atoms with Crippen molar-refractivity contribution in [2.45, 2.75) is 6.29 Å². The minimum atomic E-state index is -1.79. The summed E-state index contributed by atoms with van der Waals surface area (Å²) in [5.74, 6) is -1.78. The second kappa shape index (κ2) is 6.30. The predicted octanol–water partition coefficient (Wildman–Crippen LogP) is 1.95. The van der Waals surface area contributed by atoms with E-state index in [9.17, 15) is 15.0 Å². The molecule has 22 heavy (non-hydrogen) atoms. The average Bonchev–Trinajstić information content (AvgIpc) is 2.47. The predicted molar refractivity (Wildman–Crippen MR) is 79.3 cm³/mol. The van der Waals surface area contributed by atoms with E-state index < -0.39 is 12.3 Å².